The number of benzene rings is 2. The van der Waals surface area contributed by atoms with E-state index in [9.17, 15) is 17.6 Å². The first-order valence-corrected chi connectivity index (χ1v) is 10.5. The van der Waals surface area contributed by atoms with Crippen LogP contribution in [0.4, 0.5) is 15.8 Å². The Morgan fingerprint density at radius 3 is 2.59 bits per heavy atom. The lowest BCUT2D eigenvalue weighted by molar-refractivity contribution is 0.0989. The Balaban J connectivity index is 1.63. The number of fused-ring (bicyclic) bond motifs is 1. The van der Waals surface area contributed by atoms with E-state index in [4.69, 9.17) is 11.6 Å². The van der Waals surface area contributed by atoms with Gasteiger partial charge in [0.15, 0.2) is 0 Å². The van der Waals surface area contributed by atoms with Crippen molar-refractivity contribution in [1.82, 2.24) is 4.98 Å². The molecule has 1 aliphatic rings. The summed E-state index contributed by atoms with van der Waals surface area (Å²) >= 11 is 5.70. The van der Waals surface area contributed by atoms with Gasteiger partial charge in [0, 0.05) is 30.2 Å². The summed E-state index contributed by atoms with van der Waals surface area (Å²) in [5.74, 6) is -0.884. The van der Waals surface area contributed by atoms with Crippen LogP contribution in [0.25, 0.3) is 0 Å². The highest BCUT2D eigenvalue weighted by Gasteiger charge is 2.26. The summed E-state index contributed by atoms with van der Waals surface area (Å²) in [5.41, 5.74) is 2.38. The summed E-state index contributed by atoms with van der Waals surface area (Å²) in [6, 6.07) is 11.5. The van der Waals surface area contributed by atoms with E-state index in [1.165, 1.54) is 0 Å². The molecule has 0 saturated heterocycles. The predicted molar refractivity (Wildman–Crippen MR) is 108 cm³/mol. The molecular formula is C20H15ClFN3O3S. The van der Waals surface area contributed by atoms with Gasteiger partial charge in [0.25, 0.3) is 15.9 Å². The van der Waals surface area contributed by atoms with Gasteiger partial charge in [-0.15, -0.1) is 0 Å². The molecule has 1 N–H and O–H groups in total. The quantitative estimate of drug-likeness (QED) is 0.680. The number of hydrogen-bond donors (Lipinski definition) is 1. The van der Waals surface area contributed by atoms with E-state index in [0.717, 1.165) is 23.8 Å². The van der Waals surface area contributed by atoms with E-state index in [0.29, 0.717) is 29.9 Å². The second kappa shape index (κ2) is 7.46. The van der Waals surface area contributed by atoms with Crippen LogP contribution in [-0.2, 0) is 16.4 Å². The lowest BCUT2D eigenvalue weighted by Gasteiger charge is -2.18. The van der Waals surface area contributed by atoms with E-state index in [-0.39, 0.29) is 15.8 Å². The highest BCUT2D eigenvalue weighted by molar-refractivity contribution is 7.92. The van der Waals surface area contributed by atoms with Gasteiger partial charge in [-0.05, 0) is 54.4 Å². The maximum Gasteiger partial charge on any atom is 0.261 e. The average molecular weight is 432 g/mol. The number of pyridine rings is 1. The predicted octanol–water partition coefficient (Wildman–Crippen LogP) is 3.88. The van der Waals surface area contributed by atoms with Crippen molar-refractivity contribution in [2.45, 2.75) is 11.3 Å². The van der Waals surface area contributed by atoms with Crippen molar-refractivity contribution in [3.05, 3.63) is 82.9 Å². The second-order valence-electron chi connectivity index (χ2n) is 6.47. The SMILES string of the molecule is O=C(c1ccncc1)N1CCc2ccc(NS(=O)(=O)c3ccc(F)c(Cl)c3)cc21. The molecule has 0 fully saturated rings. The fourth-order valence-corrected chi connectivity index (χ4v) is 4.48. The normalized spacial score (nSPS) is 13.2. The molecule has 0 spiro atoms. The lowest BCUT2D eigenvalue weighted by Crippen LogP contribution is -2.28. The molecule has 0 radical (unpaired) electrons. The number of halogens is 2. The largest absolute Gasteiger partial charge is 0.308 e. The third-order valence-electron chi connectivity index (χ3n) is 4.61. The zero-order valence-corrected chi connectivity index (χ0v) is 16.5. The van der Waals surface area contributed by atoms with Crippen LogP contribution in [0.3, 0.4) is 0 Å². The van der Waals surface area contributed by atoms with Crippen LogP contribution in [0, 0.1) is 5.82 Å². The first kappa shape index (κ1) is 19.4. The molecule has 2 aromatic carbocycles. The minimum absolute atomic E-state index is 0.158. The molecule has 1 aromatic heterocycles. The Hall–Kier alpha value is -2.97. The molecule has 2 heterocycles. The van der Waals surface area contributed by atoms with E-state index in [2.05, 4.69) is 9.71 Å². The molecule has 3 aromatic rings. The minimum Gasteiger partial charge on any atom is -0.308 e. The Labute approximate surface area is 172 Å². The number of nitrogens with one attached hydrogen (secondary N) is 1. The molecule has 0 unspecified atom stereocenters. The van der Waals surface area contributed by atoms with Crippen LogP contribution in [0.1, 0.15) is 15.9 Å². The Bertz CT molecular complexity index is 1200. The average Bonchev–Trinajstić information content (AvgIpc) is 3.13. The van der Waals surface area contributed by atoms with Gasteiger partial charge in [-0.1, -0.05) is 17.7 Å². The maximum absolute atomic E-state index is 13.3. The van der Waals surface area contributed by atoms with Gasteiger partial charge in [-0.2, -0.15) is 0 Å². The van der Waals surface area contributed by atoms with Crippen LogP contribution in [0.2, 0.25) is 5.02 Å². The Morgan fingerprint density at radius 2 is 1.86 bits per heavy atom. The van der Waals surface area contributed by atoms with Crippen molar-refractivity contribution in [1.29, 1.82) is 0 Å². The van der Waals surface area contributed by atoms with E-state index in [1.54, 1.807) is 47.6 Å². The van der Waals surface area contributed by atoms with Gasteiger partial charge < -0.3 is 4.90 Å². The maximum atomic E-state index is 13.3. The molecule has 1 aliphatic heterocycles. The van der Waals surface area contributed by atoms with Crippen molar-refractivity contribution in [2.75, 3.05) is 16.2 Å². The van der Waals surface area contributed by atoms with Crippen LogP contribution in [0.5, 0.6) is 0 Å². The number of amides is 1. The van der Waals surface area contributed by atoms with E-state index >= 15 is 0 Å². The van der Waals surface area contributed by atoms with E-state index in [1.807, 2.05) is 0 Å². The molecule has 1 amide bonds. The summed E-state index contributed by atoms with van der Waals surface area (Å²) in [6.45, 7) is 0.500. The zero-order valence-electron chi connectivity index (χ0n) is 15.0. The molecular weight excluding hydrogens is 417 g/mol. The minimum atomic E-state index is -3.97. The van der Waals surface area contributed by atoms with Crippen molar-refractivity contribution >= 4 is 38.9 Å². The Kier molecular flexibility index (Phi) is 4.97. The number of aromatic nitrogens is 1. The number of anilines is 2. The monoisotopic (exact) mass is 431 g/mol. The smallest absolute Gasteiger partial charge is 0.261 e. The molecule has 0 bridgehead atoms. The van der Waals surface area contributed by atoms with Gasteiger partial charge >= 0.3 is 0 Å². The highest BCUT2D eigenvalue weighted by Crippen LogP contribution is 2.33. The number of carbonyl (C=O) groups is 1. The summed E-state index contributed by atoms with van der Waals surface area (Å²) in [7, 11) is -3.97. The first-order chi connectivity index (χ1) is 13.8. The third-order valence-corrected chi connectivity index (χ3v) is 6.28. The van der Waals surface area contributed by atoms with Crippen molar-refractivity contribution in [3.63, 3.8) is 0 Å². The molecule has 148 valence electrons. The second-order valence-corrected chi connectivity index (χ2v) is 8.56. The van der Waals surface area contributed by atoms with E-state index < -0.39 is 15.8 Å². The summed E-state index contributed by atoms with van der Waals surface area (Å²) in [4.78, 5) is 18.2. The van der Waals surface area contributed by atoms with Gasteiger partial charge in [0.05, 0.1) is 15.6 Å². The fourth-order valence-electron chi connectivity index (χ4n) is 3.16. The standard InChI is InChI=1S/C20H15ClFN3O3S/c21-17-12-16(3-4-18(17)22)29(27,28)24-15-2-1-13-7-10-25(19(13)11-15)20(26)14-5-8-23-9-6-14/h1-6,8-9,11-12,24H,7,10H2. The molecule has 0 saturated carbocycles. The van der Waals surface area contributed by atoms with Crippen molar-refractivity contribution < 1.29 is 17.6 Å². The summed E-state index contributed by atoms with van der Waals surface area (Å²) < 4.78 is 41.0. The first-order valence-electron chi connectivity index (χ1n) is 8.68. The molecule has 0 aliphatic carbocycles. The van der Waals surface area contributed by atoms with Gasteiger partial charge in [0.1, 0.15) is 5.82 Å². The third kappa shape index (κ3) is 3.81. The fraction of sp³-hybridized carbons (Fsp3) is 0.100. The number of nitrogens with zero attached hydrogens (tertiary/aromatic N) is 2. The number of sulfonamides is 1. The van der Waals surface area contributed by atoms with Crippen LogP contribution < -0.4 is 9.62 Å². The van der Waals surface area contributed by atoms with Crippen LogP contribution in [-0.4, -0.2) is 25.9 Å². The van der Waals surface area contributed by atoms with Gasteiger partial charge in [-0.25, -0.2) is 12.8 Å². The number of rotatable bonds is 4. The zero-order chi connectivity index (χ0) is 20.6. The van der Waals surface area contributed by atoms with Crippen LogP contribution >= 0.6 is 11.6 Å². The van der Waals surface area contributed by atoms with Crippen molar-refractivity contribution in [2.24, 2.45) is 0 Å². The summed E-state index contributed by atoms with van der Waals surface area (Å²) in [5, 5.41) is -0.282. The Morgan fingerprint density at radius 1 is 1.10 bits per heavy atom. The van der Waals surface area contributed by atoms with Crippen molar-refractivity contribution in [3.8, 4) is 0 Å². The lowest BCUT2D eigenvalue weighted by atomic mass is 10.1. The molecule has 9 heteroatoms. The highest BCUT2D eigenvalue weighted by atomic mass is 35.5. The van der Waals surface area contributed by atoms with Gasteiger partial charge in [0.2, 0.25) is 0 Å². The topological polar surface area (TPSA) is 79.4 Å². The number of hydrogen-bond acceptors (Lipinski definition) is 4. The molecule has 6 nitrogen and oxygen atoms in total. The molecule has 0 atom stereocenters. The van der Waals surface area contributed by atoms with Gasteiger partial charge in [-0.3, -0.25) is 14.5 Å². The molecule has 4 rings (SSSR count). The summed E-state index contributed by atoms with van der Waals surface area (Å²) in [6.07, 6.45) is 3.76. The number of carbonyl (C=O) groups excluding carboxylic acids is 1. The van der Waals surface area contributed by atoms with Crippen LogP contribution in [0.15, 0.2) is 65.8 Å². The molecule has 29 heavy (non-hydrogen) atoms.